The van der Waals surface area contributed by atoms with Gasteiger partial charge in [0.15, 0.2) is 0 Å². The predicted molar refractivity (Wildman–Crippen MR) is 81.7 cm³/mol. The summed E-state index contributed by atoms with van der Waals surface area (Å²) in [7, 11) is 0. The normalized spacial score (nSPS) is 17.8. The Bertz CT molecular complexity index is 359. The van der Waals surface area contributed by atoms with Crippen LogP contribution in [0.3, 0.4) is 0 Å². The van der Waals surface area contributed by atoms with Crippen molar-refractivity contribution in [2.24, 2.45) is 0 Å². The third kappa shape index (κ3) is 3.72. The summed E-state index contributed by atoms with van der Waals surface area (Å²) in [5.41, 5.74) is 2.48. The van der Waals surface area contributed by atoms with Crippen molar-refractivity contribution in [2.45, 2.75) is 51.5 Å². The summed E-state index contributed by atoms with van der Waals surface area (Å²) in [4.78, 5) is 0. The number of hydrogen-bond donors (Lipinski definition) is 1. The number of anilines is 1. The average Bonchev–Trinajstić information content (AvgIpc) is 2.51. The van der Waals surface area contributed by atoms with Crippen molar-refractivity contribution in [3.8, 4) is 0 Å². The van der Waals surface area contributed by atoms with E-state index < -0.39 is 0 Å². The smallest absolute Gasteiger partial charge is 0.0631 e. The van der Waals surface area contributed by atoms with Crippen molar-refractivity contribution in [1.29, 1.82) is 0 Å². The molecule has 17 heavy (non-hydrogen) atoms. The minimum atomic E-state index is 0.632. The van der Waals surface area contributed by atoms with Crippen molar-refractivity contribution < 1.29 is 0 Å². The summed E-state index contributed by atoms with van der Waals surface area (Å²) in [6, 6.07) is 4.97. The van der Waals surface area contributed by atoms with Crippen molar-refractivity contribution in [1.82, 2.24) is 0 Å². The standard InChI is InChI=1S/C14H19Br2N/c1-10-8-12(15)14(13(16)9-10)17-11-6-4-2-3-5-7-11/h8-9,11,17H,2-7H2,1H3. The fourth-order valence-electron chi connectivity index (χ4n) is 2.47. The monoisotopic (exact) mass is 359 g/mol. The van der Waals surface area contributed by atoms with Crippen LogP contribution in [0.2, 0.25) is 0 Å². The number of hydrogen-bond acceptors (Lipinski definition) is 1. The van der Waals surface area contributed by atoms with E-state index in [1.165, 1.54) is 49.8 Å². The zero-order chi connectivity index (χ0) is 12.3. The average molecular weight is 361 g/mol. The van der Waals surface area contributed by atoms with Gasteiger partial charge in [-0.1, -0.05) is 25.7 Å². The van der Waals surface area contributed by atoms with Crippen LogP contribution >= 0.6 is 31.9 Å². The maximum absolute atomic E-state index is 3.69. The minimum absolute atomic E-state index is 0.632. The second-order valence-electron chi connectivity index (χ2n) is 4.94. The van der Waals surface area contributed by atoms with Gasteiger partial charge in [-0.2, -0.15) is 0 Å². The first-order valence-corrected chi connectivity index (χ1v) is 7.97. The highest BCUT2D eigenvalue weighted by Crippen LogP contribution is 2.34. The number of rotatable bonds is 2. The molecule has 0 heterocycles. The summed E-state index contributed by atoms with van der Waals surface area (Å²) < 4.78 is 2.32. The summed E-state index contributed by atoms with van der Waals surface area (Å²) in [6.07, 6.45) is 8.11. The van der Waals surface area contributed by atoms with Crippen LogP contribution in [-0.4, -0.2) is 6.04 Å². The summed E-state index contributed by atoms with van der Waals surface area (Å²) >= 11 is 7.30. The van der Waals surface area contributed by atoms with Gasteiger partial charge in [0.1, 0.15) is 0 Å². The molecule has 1 aliphatic carbocycles. The molecule has 2 rings (SSSR count). The first kappa shape index (κ1) is 13.4. The van der Waals surface area contributed by atoms with Crippen LogP contribution in [0.25, 0.3) is 0 Å². The SMILES string of the molecule is Cc1cc(Br)c(NC2CCCCCC2)c(Br)c1. The first-order chi connectivity index (χ1) is 8.16. The molecule has 0 unspecified atom stereocenters. The lowest BCUT2D eigenvalue weighted by Gasteiger charge is -2.20. The molecule has 0 bridgehead atoms. The van der Waals surface area contributed by atoms with Crippen LogP contribution in [0.4, 0.5) is 5.69 Å². The third-order valence-electron chi connectivity index (χ3n) is 3.39. The highest BCUT2D eigenvalue weighted by Gasteiger charge is 2.14. The molecular formula is C14H19Br2N. The van der Waals surface area contributed by atoms with Gasteiger partial charge in [-0.3, -0.25) is 0 Å². The predicted octanol–water partition coefficient (Wildman–Crippen LogP) is 5.65. The number of nitrogens with one attached hydrogen (secondary N) is 1. The lowest BCUT2D eigenvalue weighted by atomic mass is 10.1. The fraction of sp³-hybridized carbons (Fsp3) is 0.571. The molecule has 94 valence electrons. The van der Waals surface area contributed by atoms with Gasteiger partial charge in [0.05, 0.1) is 5.69 Å². The first-order valence-electron chi connectivity index (χ1n) is 6.39. The molecule has 1 aromatic rings. The Kier molecular flexibility index (Phi) is 4.92. The number of halogens is 2. The molecule has 1 aliphatic rings. The van der Waals surface area contributed by atoms with E-state index in [0.29, 0.717) is 6.04 Å². The van der Waals surface area contributed by atoms with Crippen LogP contribution in [-0.2, 0) is 0 Å². The number of aryl methyl sites for hydroxylation is 1. The van der Waals surface area contributed by atoms with Crippen molar-refractivity contribution in [2.75, 3.05) is 5.32 Å². The Morgan fingerprint density at radius 3 is 2.06 bits per heavy atom. The lowest BCUT2D eigenvalue weighted by Crippen LogP contribution is -2.18. The molecule has 0 aromatic heterocycles. The molecule has 0 atom stereocenters. The maximum Gasteiger partial charge on any atom is 0.0631 e. The maximum atomic E-state index is 3.69. The molecule has 0 aliphatic heterocycles. The zero-order valence-electron chi connectivity index (χ0n) is 10.2. The molecule has 0 radical (unpaired) electrons. The van der Waals surface area contributed by atoms with E-state index in [0.717, 1.165) is 8.95 Å². The van der Waals surface area contributed by atoms with Gasteiger partial charge in [0, 0.05) is 15.0 Å². The Morgan fingerprint density at radius 2 is 1.53 bits per heavy atom. The molecule has 0 spiro atoms. The van der Waals surface area contributed by atoms with E-state index in [2.05, 4.69) is 56.2 Å². The van der Waals surface area contributed by atoms with Crippen LogP contribution in [0.5, 0.6) is 0 Å². The van der Waals surface area contributed by atoms with E-state index >= 15 is 0 Å². The van der Waals surface area contributed by atoms with Gasteiger partial charge < -0.3 is 5.32 Å². The van der Waals surface area contributed by atoms with E-state index in [9.17, 15) is 0 Å². The van der Waals surface area contributed by atoms with Gasteiger partial charge in [0.2, 0.25) is 0 Å². The molecule has 1 N–H and O–H groups in total. The van der Waals surface area contributed by atoms with Gasteiger partial charge >= 0.3 is 0 Å². The van der Waals surface area contributed by atoms with E-state index in [-0.39, 0.29) is 0 Å². The Hall–Kier alpha value is -0.0200. The zero-order valence-corrected chi connectivity index (χ0v) is 13.4. The molecule has 1 aromatic carbocycles. The van der Waals surface area contributed by atoms with E-state index in [4.69, 9.17) is 0 Å². The van der Waals surface area contributed by atoms with E-state index in [1.54, 1.807) is 0 Å². The minimum Gasteiger partial charge on any atom is -0.380 e. The van der Waals surface area contributed by atoms with E-state index in [1.807, 2.05) is 0 Å². The molecule has 0 saturated heterocycles. The van der Waals surface area contributed by atoms with Crippen molar-refractivity contribution in [3.05, 3.63) is 26.6 Å². The van der Waals surface area contributed by atoms with Crippen LogP contribution < -0.4 is 5.32 Å². The molecule has 1 nitrogen and oxygen atoms in total. The summed E-state index contributed by atoms with van der Waals surface area (Å²) in [5.74, 6) is 0. The molecular weight excluding hydrogens is 342 g/mol. The molecule has 1 fully saturated rings. The van der Waals surface area contributed by atoms with Crippen molar-refractivity contribution >= 4 is 37.5 Å². The summed E-state index contributed by atoms with van der Waals surface area (Å²) in [5, 5.41) is 3.69. The van der Waals surface area contributed by atoms with Crippen LogP contribution in [0.1, 0.15) is 44.1 Å². The quantitative estimate of drug-likeness (QED) is 0.671. The van der Waals surface area contributed by atoms with Crippen LogP contribution in [0, 0.1) is 6.92 Å². The highest BCUT2D eigenvalue weighted by atomic mass is 79.9. The molecule has 3 heteroatoms. The molecule has 0 amide bonds. The second-order valence-corrected chi connectivity index (χ2v) is 6.65. The second kappa shape index (κ2) is 6.24. The number of benzene rings is 1. The topological polar surface area (TPSA) is 12.0 Å². The van der Waals surface area contributed by atoms with Crippen molar-refractivity contribution in [3.63, 3.8) is 0 Å². The van der Waals surface area contributed by atoms with Gasteiger partial charge in [0.25, 0.3) is 0 Å². The van der Waals surface area contributed by atoms with Gasteiger partial charge in [-0.25, -0.2) is 0 Å². The van der Waals surface area contributed by atoms with Gasteiger partial charge in [-0.15, -0.1) is 0 Å². The molecule has 1 saturated carbocycles. The largest absolute Gasteiger partial charge is 0.380 e. The Labute approximate surface area is 121 Å². The lowest BCUT2D eigenvalue weighted by molar-refractivity contribution is 0.619. The van der Waals surface area contributed by atoms with Crippen LogP contribution in [0.15, 0.2) is 21.1 Å². The summed E-state index contributed by atoms with van der Waals surface area (Å²) in [6.45, 7) is 2.12. The fourth-order valence-corrected chi connectivity index (χ4v) is 4.11. The Morgan fingerprint density at radius 1 is 1.00 bits per heavy atom. The third-order valence-corrected chi connectivity index (χ3v) is 4.64. The highest BCUT2D eigenvalue weighted by molar-refractivity contribution is 9.11. The Balaban J connectivity index is 2.11. The van der Waals surface area contributed by atoms with Gasteiger partial charge in [-0.05, 0) is 69.3 Å².